The standard InChI is InChI=1S/C21H29N5O4S/c1-15(27)25(4)14-16-13-20(24(2)3)23-21(22-16)19-7-6-12-26(19)31(28,29)18-10-8-17(30-5)9-11-18/h8-11,13,19H,6-7,12,14H2,1-5H3. The fraction of sp³-hybridized carbons (Fsp3) is 0.476. The van der Waals surface area contributed by atoms with Crippen LogP contribution in [0.4, 0.5) is 5.82 Å². The Morgan fingerprint density at radius 3 is 2.45 bits per heavy atom. The van der Waals surface area contributed by atoms with Gasteiger partial charge >= 0.3 is 0 Å². The summed E-state index contributed by atoms with van der Waals surface area (Å²) in [5, 5.41) is 0. The van der Waals surface area contributed by atoms with Gasteiger partial charge in [-0.1, -0.05) is 0 Å². The van der Waals surface area contributed by atoms with Gasteiger partial charge in [-0.25, -0.2) is 18.4 Å². The Morgan fingerprint density at radius 1 is 1.19 bits per heavy atom. The van der Waals surface area contributed by atoms with E-state index in [-0.39, 0.29) is 10.8 Å². The maximum absolute atomic E-state index is 13.4. The molecule has 9 nitrogen and oxygen atoms in total. The van der Waals surface area contributed by atoms with Crippen LogP contribution in [0.25, 0.3) is 0 Å². The third-order valence-corrected chi connectivity index (χ3v) is 7.27. The fourth-order valence-corrected chi connectivity index (χ4v) is 5.14. The minimum Gasteiger partial charge on any atom is -0.497 e. The number of carbonyl (C=O) groups excluding carboxylic acids is 1. The summed E-state index contributed by atoms with van der Waals surface area (Å²) in [5.41, 5.74) is 0.667. The first-order valence-corrected chi connectivity index (χ1v) is 11.5. The van der Waals surface area contributed by atoms with Crippen molar-refractivity contribution in [3.63, 3.8) is 0 Å². The van der Waals surface area contributed by atoms with Crippen LogP contribution in [0.2, 0.25) is 0 Å². The van der Waals surface area contributed by atoms with Gasteiger partial charge in [-0.05, 0) is 37.1 Å². The Kier molecular flexibility index (Phi) is 6.80. The molecule has 0 radical (unpaired) electrons. The lowest BCUT2D eigenvalue weighted by molar-refractivity contribution is -0.128. The van der Waals surface area contributed by atoms with Crippen molar-refractivity contribution in [1.29, 1.82) is 0 Å². The zero-order chi connectivity index (χ0) is 22.8. The van der Waals surface area contributed by atoms with Gasteiger partial charge in [0.2, 0.25) is 15.9 Å². The number of hydrogen-bond donors (Lipinski definition) is 0. The summed E-state index contributed by atoms with van der Waals surface area (Å²) in [6.07, 6.45) is 1.35. The molecule has 1 unspecified atom stereocenters. The average molecular weight is 448 g/mol. The van der Waals surface area contributed by atoms with E-state index in [0.29, 0.717) is 42.6 Å². The molecular formula is C21H29N5O4S. The Labute approximate surface area is 183 Å². The topological polar surface area (TPSA) is 95.9 Å². The Hall–Kier alpha value is -2.72. The third-order valence-electron chi connectivity index (χ3n) is 5.35. The number of carbonyl (C=O) groups is 1. The number of aromatic nitrogens is 2. The summed E-state index contributed by atoms with van der Waals surface area (Å²) in [7, 11) is 3.25. The Balaban J connectivity index is 1.98. The van der Waals surface area contributed by atoms with E-state index < -0.39 is 16.1 Å². The summed E-state index contributed by atoms with van der Waals surface area (Å²) in [4.78, 5) is 24.6. The van der Waals surface area contributed by atoms with E-state index in [1.165, 1.54) is 18.3 Å². The van der Waals surface area contributed by atoms with Gasteiger partial charge in [-0.15, -0.1) is 0 Å². The second-order valence-corrected chi connectivity index (χ2v) is 9.69. The van der Waals surface area contributed by atoms with Gasteiger partial charge in [-0.3, -0.25) is 4.79 Å². The Morgan fingerprint density at radius 2 is 1.87 bits per heavy atom. The maximum Gasteiger partial charge on any atom is 0.243 e. The molecular weight excluding hydrogens is 418 g/mol. The lowest BCUT2D eigenvalue weighted by Crippen LogP contribution is -2.32. The van der Waals surface area contributed by atoms with E-state index >= 15 is 0 Å². The molecule has 1 aromatic carbocycles. The van der Waals surface area contributed by atoms with Crippen LogP contribution >= 0.6 is 0 Å². The highest BCUT2D eigenvalue weighted by molar-refractivity contribution is 7.89. The highest BCUT2D eigenvalue weighted by atomic mass is 32.2. The number of benzene rings is 1. The maximum atomic E-state index is 13.4. The van der Waals surface area contributed by atoms with E-state index in [2.05, 4.69) is 9.97 Å². The summed E-state index contributed by atoms with van der Waals surface area (Å²) in [6.45, 7) is 2.22. The quantitative estimate of drug-likeness (QED) is 0.641. The van der Waals surface area contributed by atoms with Crippen LogP contribution in [0, 0.1) is 0 Å². The fourth-order valence-electron chi connectivity index (χ4n) is 3.49. The first-order chi connectivity index (χ1) is 14.6. The molecule has 0 aliphatic carbocycles. The van der Waals surface area contributed by atoms with E-state index in [0.717, 1.165) is 6.42 Å². The van der Waals surface area contributed by atoms with Crippen molar-refractivity contribution in [2.24, 2.45) is 0 Å². The van der Waals surface area contributed by atoms with Gasteiger partial charge in [0.1, 0.15) is 17.4 Å². The molecule has 2 aromatic rings. The van der Waals surface area contributed by atoms with Crippen molar-refractivity contribution in [3.8, 4) is 5.75 Å². The number of rotatable bonds is 7. The van der Waals surface area contributed by atoms with Crippen molar-refractivity contribution in [1.82, 2.24) is 19.2 Å². The smallest absolute Gasteiger partial charge is 0.243 e. The van der Waals surface area contributed by atoms with Crippen molar-refractivity contribution >= 4 is 21.7 Å². The number of anilines is 1. The number of ether oxygens (including phenoxy) is 1. The van der Waals surface area contributed by atoms with Crippen molar-refractivity contribution in [2.75, 3.05) is 39.7 Å². The number of sulfonamides is 1. The molecule has 1 aromatic heterocycles. The highest BCUT2D eigenvalue weighted by Crippen LogP contribution is 2.36. The van der Waals surface area contributed by atoms with Crippen LogP contribution in [-0.2, 0) is 21.4 Å². The summed E-state index contributed by atoms with van der Waals surface area (Å²) < 4.78 is 33.3. The van der Waals surface area contributed by atoms with Crippen molar-refractivity contribution < 1.29 is 17.9 Å². The molecule has 168 valence electrons. The van der Waals surface area contributed by atoms with Gasteiger partial charge in [0.05, 0.1) is 30.3 Å². The molecule has 1 fully saturated rings. The molecule has 1 aliphatic rings. The predicted octanol–water partition coefficient (Wildman–Crippen LogP) is 2.06. The average Bonchev–Trinajstić information content (AvgIpc) is 3.24. The molecule has 0 N–H and O–H groups in total. The zero-order valence-corrected chi connectivity index (χ0v) is 19.4. The lowest BCUT2D eigenvalue weighted by atomic mass is 10.2. The molecule has 3 rings (SSSR count). The first-order valence-electron chi connectivity index (χ1n) is 10.1. The van der Waals surface area contributed by atoms with E-state index in [1.54, 1.807) is 36.2 Å². The predicted molar refractivity (Wildman–Crippen MR) is 117 cm³/mol. The largest absolute Gasteiger partial charge is 0.497 e. The van der Waals surface area contributed by atoms with E-state index in [1.807, 2.05) is 25.1 Å². The highest BCUT2D eigenvalue weighted by Gasteiger charge is 2.38. The van der Waals surface area contributed by atoms with Gasteiger partial charge in [0.15, 0.2) is 0 Å². The minimum atomic E-state index is -3.72. The molecule has 1 saturated heterocycles. The van der Waals surface area contributed by atoms with Crippen LogP contribution in [0.1, 0.15) is 37.3 Å². The molecule has 0 spiro atoms. The van der Waals surface area contributed by atoms with Gasteiger partial charge in [0.25, 0.3) is 0 Å². The molecule has 0 bridgehead atoms. The van der Waals surface area contributed by atoms with Gasteiger partial charge in [-0.2, -0.15) is 4.31 Å². The van der Waals surface area contributed by atoms with Crippen molar-refractivity contribution in [3.05, 3.63) is 41.9 Å². The SMILES string of the molecule is COc1ccc(S(=O)(=O)N2CCCC2c2nc(CN(C)C(C)=O)cc(N(C)C)n2)cc1. The van der Waals surface area contributed by atoms with E-state index in [4.69, 9.17) is 4.74 Å². The molecule has 1 atom stereocenters. The second kappa shape index (κ2) is 9.19. The molecule has 1 aliphatic heterocycles. The van der Waals surface area contributed by atoms with Crippen LogP contribution in [0.15, 0.2) is 35.2 Å². The molecule has 0 saturated carbocycles. The monoisotopic (exact) mass is 447 g/mol. The van der Waals surface area contributed by atoms with Crippen LogP contribution in [0.5, 0.6) is 5.75 Å². The third kappa shape index (κ3) is 4.96. The van der Waals surface area contributed by atoms with Crippen LogP contribution in [0.3, 0.4) is 0 Å². The second-order valence-electron chi connectivity index (χ2n) is 7.79. The lowest BCUT2D eigenvalue weighted by Gasteiger charge is -2.25. The molecule has 10 heteroatoms. The number of amides is 1. The van der Waals surface area contributed by atoms with Gasteiger partial charge < -0.3 is 14.5 Å². The number of nitrogens with zero attached hydrogens (tertiary/aromatic N) is 5. The van der Waals surface area contributed by atoms with Crippen LogP contribution in [-0.4, -0.2) is 68.3 Å². The summed E-state index contributed by atoms with van der Waals surface area (Å²) >= 11 is 0. The van der Waals surface area contributed by atoms with Crippen LogP contribution < -0.4 is 9.64 Å². The summed E-state index contributed by atoms with van der Waals surface area (Å²) in [6, 6.07) is 7.73. The van der Waals surface area contributed by atoms with Gasteiger partial charge in [0, 0.05) is 40.7 Å². The zero-order valence-electron chi connectivity index (χ0n) is 18.6. The molecule has 31 heavy (non-hydrogen) atoms. The van der Waals surface area contributed by atoms with Crippen molar-refractivity contribution in [2.45, 2.75) is 37.2 Å². The molecule has 1 amide bonds. The normalized spacial score (nSPS) is 16.9. The first kappa shape index (κ1) is 23.0. The summed E-state index contributed by atoms with van der Waals surface area (Å²) in [5.74, 6) is 1.65. The Bertz CT molecular complexity index is 1040. The number of hydrogen-bond acceptors (Lipinski definition) is 7. The molecule has 2 heterocycles. The number of methoxy groups -OCH3 is 1. The minimum absolute atomic E-state index is 0.0730. The van der Waals surface area contributed by atoms with E-state index in [9.17, 15) is 13.2 Å².